The second-order valence-electron chi connectivity index (χ2n) is 5.25. The van der Waals surface area contributed by atoms with E-state index in [-0.39, 0.29) is 5.91 Å². The number of benzene rings is 2. The van der Waals surface area contributed by atoms with Gasteiger partial charge in [0.05, 0.1) is 11.3 Å². The van der Waals surface area contributed by atoms with Gasteiger partial charge in [0.25, 0.3) is 0 Å². The minimum absolute atomic E-state index is 0.243. The van der Waals surface area contributed by atoms with Gasteiger partial charge in [-0.15, -0.1) is 0 Å². The molecule has 2 aromatic carbocycles. The Labute approximate surface area is 140 Å². The van der Waals surface area contributed by atoms with Crippen LogP contribution in [0.4, 0.5) is 5.69 Å². The number of carbonyl (C=O) groups excluding carboxylic acids is 2. The number of esters is 1. The zero-order valence-electron chi connectivity index (χ0n) is 13.2. The van der Waals surface area contributed by atoms with Crippen molar-refractivity contribution >= 4 is 29.2 Å². The van der Waals surface area contributed by atoms with Crippen LogP contribution in [-0.4, -0.2) is 11.9 Å². The number of anilines is 1. The van der Waals surface area contributed by atoms with Gasteiger partial charge in [0.2, 0.25) is 5.91 Å². The molecule has 0 aliphatic heterocycles. The van der Waals surface area contributed by atoms with E-state index in [1.807, 2.05) is 31.2 Å². The Morgan fingerprint density at radius 1 is 1.13 bits per heavy atom. The van der Waals surface area contributed by atoms with Crippen LogP contribution in [0, 0.1) is 6.92 Å². The maximum atomic E-state index is 12.5. The highest BCUT2D eigenvalue weighted by atomic mass is 35.5. The Morgan fingerprint density at radius 2 is 1.83 bits per heavy atom. The van der Waals surface area contributed by atoms with Crippen LogP contribution in [-0.2, 0) is 9.53 Å². The molecule has 120 valence electrons. The van der Waals surface area contributed by atoms with Gasteiger partial charge in [-0.25, -0.2) is 4.79 Å². The molecule has 0 bridgehead atoms. The normalized spacial score (nSPS) is 11.7. The monoisotopic (exact) mass is 331 g/mol. The zero-order chi connectivity index (χ0) is 17.0. The number of amides is 1. The highest BCUT2D eigenvalue weighted by molar-refractivity contribution is 6.31. The Hall–Kier alpha value is -2.33. The van der Waals surface area contributed by atoms with E-state index in [1.54, 1.807) is 25.1 Å². The summed E-state index contributed by atoms with van der Waals surface area (Å²) < 4.78 is 5.51. The fourth-order valence-electron chi connectivity index (χ4n) is 2.27. The van der Waals surface area contributed by atoms with Gasteiger partial charge >= 0.3 is 5.97 Å². The van der Waals surface area contributed by atoms with E-state index < -0.39 is 12.1 Å². The average molecular weight is 332 g/mol. The van der Waals surface area contributed by atoms with Crippen LogP contribution in [0.25, 0.3) is 0 Å². The smallest absolute Gasteiger partial charge is 0.340 e. The molecule has 0 saturated carbocycles. The Kier molecular flexibility index (Phi) is 5.40. The molecule has 0 spiro atoms. The van der Waals surface area contributed by atoms with Crippen LogP contribution in [0.15, 0.2) is 42.5 Å². The summed E-state index contributed by atoms with van der Waals surface area (Å²) in [6.45, 7) is 4.97. The Balaban J connectivity index is 2.26. The van der Waals surface area contributed by atoms with Crippen molar-refractivity contribution in [2.45, 2.75) is 26.9 Å². The maximum Gasteiger partial charge on any atom is 0.340 e. The molecule has 1 N–H and O–H groups in total. The molecule has 23 heavy (non-hydrogen) atoms. The van der Waals surface area contributed by atoms with Crippen molar-refractivity contribution < 1.29 is 14.3 Å². The number of hydrogen-bond donors (Lipinski definition) is 1. The molecule has 0 heterocycles. The van der Waals surface area contributed by atoms with Crippen molar-refractivity contribution in [2.75, 3.05) is 5.32 Å². The van der Waals surface area contributed by atoms with Crippen LogP contribution in [0.2, 0.25) is 5.02 Å². The van der Waals surface area contributed by atoms with E-state index in [4.69, 9.17) is 16.3 Å². The summed E-state index contributed by atoms with van der Waals surface area (Å²) in [5.74, 6) is -0.752. The summed E-state index contributed by atoms with van der Waals surface area (Å²) in [5.41, 5.74) is 2.31. The average Bonchev–Trinajstić information content (AvgIpc) is 2.49. The number of rotatable bonds is 4. The van der Waals surface area contributed by atoms with Crippen molar-refractivity contribution in [3.8, 4) is 0 Å². The number of halogens is 1. The second kappa shape index (κ2) is 7.29. The van der Waals surface area contributed by atoms with Gasteiger partial charge in [-0.1, -0.05) is 41.9 Å². The van der Waals surface area contributed by atoms with Gasteiger partial charge in [-0.2, -0.15) is 0 Å². The quantitative estimate of drug-likeness (QED) is 0.838. The largest absolute Gasteiger partial charge is 0.454 e. The summed E-state index contributed by atoms with van der Waals surface area (Å²) in [6.07, 6.45) is -0.498. The summed E-state index contributed by atoms with van der Waals surface area (Å²) in [4.78, 5) is 23.8. The van der Waals surface area contributed by atoms with Gasteiger partial charge in [-0.05, 0) is 31.5 Å². The fourth-order valence-corrected chi connectivity index (χ4v) is 2.56. The lowest BCUT2D eigenvalue weighted by Crippen LogP contribution is -2.15. The van der Waals surface area contributed by atoms with E-state index in [2.05, 4.69) is 5.32 Å². The first kappa shape index (κ1) is 17.0. The molecule has 0 fully saturated rings. The number of carbonyl (C=O) groups is 2. The van der Waals surface area contributed by atoms with E-state index in [0.29, 0.717) is 16.3 Å². The molecule has 1 atom stereocenters. The van der Waals surface area contributed by atoms with E-state index in [1.165, 1.54) is 6.92 Å². The van der Waals surface area contributed by atoms with Crippen LogP contribution in [0.1, 0.15) is 41.4 Å². The number of nitrogens with one attached hydrogen (secondary N) is 1. The second-order valence-corrected chi connectivity index (χ2v) is 5.65. The van der Waals surface area contributed by atoms with Crippen molar-refractivity contribution in [3.63, 3.8) is 0 Å². The van der Waals surface area contributed by atoms with Crippen LogP contribution >= 0.6 is 11.6 Å². The molecule has 0 radical (unpaired) electrons. The van der Waals surface area contributed by atoms with Crippen LogP contribution < -0.4 is 5.32 Å². The Bertz CT molecular complexity index is 743. The van der Waals surface area contributed by atoms with Crippen LogP contribution in [0.3, 0.4) is 0 Å². The number of ether oxygens (including phenoxy) is 1. The van der Waals surface area contributed by atoms with Crippen LogP contribution in [0.5, 0.6) is 0 Å². The number of aryl methyl sites for hydroxylation is 1. The van der Waals surface area contributed by atoms with Gasteiger partial charge in [0, 0.05) is 17.5 Å². The van der Waals surface area contributed by atoms with Crippen molar-refractivity contribution in [2.24, 2.45) is 0 Å². The number of hydrogen-bond acceptors (Lipinski definition) is 3. The van der Waals surface area contributed by atoms with Gasteiger partial charge in [0.1, 0.15) is 6.10 Å². The van der Waals surface area contributed by atoms with Gasteiger partial charge in [0.15, 0.2) is 0 Å². The lowest BCUT2D eigenvalue weighted by atomic mass is 10.1. The van der Waals surface area contributed by atoms with E-state index >= 15 is 0 Å². The molecule has 2 rings (SSSR count). The molecule has 0 saturated heterocycles. The SMILES string of the molecule is CC(=O)Nc1c(C)cccc1C(=O)OC(C)c1ccccc1Cl. The molecule has 2 aromatic rings. The third-order valence-corrected chi connectivity index (χ3v) is 3.76. The third-order valence-electron chi connectivity index (χ3n) is 3.42. The van der Waals surface area contributed by atoms with Gasteiger partial charge in [-0.3, -0.25) is 4.79 Å². The van der Waals surface area contributed by atoms with Crippen molar-refractivity contribution in [1.82, 2.24) is 0 Å². The Morgan fingerprint density at radius 3 is 2.48 bits per heavy atom. The summed E-state index contributed by atoms with van der Waals surface area (Å²) >= 11 is 6.13. The highest BCUT2D eigenvalue weighted by Crippen LogP contribution is 2.28. The van der Waals surface area contributed by atoms with Crippen molar-refractivity contribution in [1.29, 1.82) is 0 Å². The lowest BCUT2D eigenvalue weighted by molar-refractivity contribution is -0.114. The molecule has 0 aliphatic carbocycles. The molecular weight excluding hydrogens is 314 g/mol. The molecule has 4 nitrogen and oxygen atoms in total. The standard InChI is InChI=1S/C18H18ClNO3/c1-11-7-6-9-15(17(11)20-13(3)21)18(22)23-12(2)14-8-4-5-10-16(14)19/h4-10,12H,1-3H3,(H,20,21). The molecule has 0 aliphatic rings. The van der Waals surface area contributed by atoms with Crippen molar-refractivity contribution in [3.05, 3.63) is 64.2 Å². The minimum atomic E-state index is -0.509. The summed E-state index contributed by atoms with van der Waals surface area (Å²) in [6, 6.07) is 12.4. The first-order valence-corrected chi connectivity index (χ1v) is 7.60. The summed E-state index contributed by atoms with van der Waals surface area (Å²) in [7, 11) is 0. The lowest BCUT2D eigenvalue weighted by Gasteiger charge is -2.17. The topological polar surface area (TPSA) is 55.4 Å². The van der Waals surface area contributed by atoms with E-state index in [0.717, 1.165) is 11.1 Å². The predicted octanol–water partition coefficient (Wildman–Crippen LogP) is 4.52. The molecule has 1 unspecified atom stereocenters. The highest BCUT2D eigenvalue weighted by Gasteiger charge is 2.19. The molecule has 5 heteroatoms. The summed E-state index contributed by atoms with van der Waals surface area (Å²) in [5, 5.41) is 3.22. The zero-order valence-corrected chi connectivity index (χ0v) is 14.0. The van der Waals surface area contributed by atoms with E-state index in [9.17, 15) is 9.59 Å². The van der Waals surface area contributed by atoms with Gasteiger partial charge < -0.3 is 10.1 Å². The first-order chi connectivity index (χ1) is 10.9. The molecule has 1 amide bonds. The third kappa shape index (κ3) is 4.11. The molecule has 0 aromatic heterocycles. The number of para-hydroxylation sites is 1. The predicted molar refractivity (Wildman–Crippen MR) is 90.8 cm³/mol. The first-order valence-electron chi connectivity index (χ1n) is 7.22. The maximum absolute atomic E-state index is 12.5. The minimum Gasteiger partial charge on any atom is -0.454 e. The fraction of sp³-hybridized carbons (Fsp3) is 0.222. The molecular formula is C18H18ClNO3.